The van der Waals surface area contributed by atoms with Crippen molar-refractivity contribution in [1.29, 1.82) is 0 Å². The maximum absolute atomic E-state index is 11.1. The van der Waals surface area contributed by atoms with E-state index in [1.165, 1.54) is 18.3 Å². The Labute approximate surface area is 201 Å². The highest BCUT2D eigenvalue weighted by molar-refractivity contribution is 7.46. The smallest absolute Gasteiger partial charge is 0.469 e. The molecule has 0 unspecified atom stereocenters. The Kier molecular flexibility index (Phi) is 9.04. The summed E-state index contributed by atoms with van der Waals surface area (Å²) in [4.78, 5) is 42.6. The Morgan fingerprint density at radius 2 is 1.97 bits per heavy atom. The van der Waals surface area contributed by atoms with Gasteiger partial charge < -0.3 is 39.3 Å². The Balaban J connectivity index is 1.60. The van der Waals surface area contributed by atoms with E-state index in [2.05, 4.69) is 24.8 Å². The number of aromatic nitrogens is 3. The van der Waals surface area contributed by atoms with E-state index in [1.807, 2.05) is 0 Å². The zero-order chi connectivity index (χ0) is 25.4. The lowest BCUT2D eigenvalue weighted by atomic mass is 10.1. The van der Waals surface area contributed by atoms with Crippen LogP contribution >= 0.6 is 7.82 Å². The monoisotopic (exact) mass is 513 g/mol. The third kappa shape index (κ3) is 7.92. The summed E-state index contributed by atoms with van der Waals surface area (Å²) in [5, 5.41) is 12.2. The number of aryl methyl sites for hydroxylation is 1. The first-order chi connectivity index (χ1) is 16.7. The Morgan fingerprint density at radius 1 is 1.23 bits per heavy atom. The molecule has 0 atom stereocenters. The lowest BCUT2D eigenvalue weighted by Gasteiger charge is -2.30. The zero-order valence-corrected chi connectivity index (χ0v) is 20.2. The molecule has 1 aliphatic rings. The molecule has 0 radical (unpaired) electrons. The fraction of sp³-hybridized carbons (Fsp3) is 0.500. The van der Waals surface area contributed by atoms with E-state index < -0.39 is 13.9 Å². The number of nitrogens with one attached hydrogen (secondary N) is 1. The number of likely N-dealkylation sites (tertiary alicyclic amines) is 1. The molecule has 14 nitrogen and oxygen atoms in total. The van der Waals surface area contributed by atoms with Crippen molar-refractivity contribution in [3.8, 4) is 17.5 Å². The molecule has 4 N–H and O–H groups in total. The molecule has 2 aromatic rings. The topological polar surface area (TPSA) is 186 Å². The number of carbonyl (C=O) groups is 1. The van der Waals surface area contributed by atoms with E-state index in [4.69, 9.17) is 29.1 Å². The molecule has 3 rings (SSSR count). The van der Waals surface area contributed by atoms with Gasteiger partial charge in [-0.15, -0.1) is 0 Å². The van der Waals surface area contributed by atoms with Gasteiger partial charge in [-0.1, -0.05) is 0 Å². The van der Waals surface area contributed by atoms with Gasteiger partial charge in [0.1, 0.15) is 12.4 Å². The van der Waals surface area contributed by atoms with Gasteiger partial charge in [-0.05, 0) is 13.0 Å². The van der Waals surface area contributed by atoms with Crippen LogP contribution in [0.3, 0.4) is 0 Å². The fourth-order valence-electron chi connectivity index (χ4n) is 3.33. The van der Waals surface area contributed by atoms with Gasteiger partial charge in [-0.3, -0.25) is 4.52 Å². The van der Waals surface area contributed by atoms with Gasteiger partial charge in [0.15, 0.2) is 5.82 Å². The lowest BCUT2D eigenvalue weighted by molar-refractivity contribution is 0.0851. The highest BCUT2D eigenvalue weighted by Crippen LogP contribution is 2.36. The summed E-state index contributed by atoms with van der Waals surface area (Å²) in [5.74, 6) is 1.27. The molecule has 0 saturated carbocycles. The summed E-state index contributed by atoms with van der Waals surface area (Å²) in [6.45, 7) is 2.57. The molecule has 1 fully saturated rings. The molecular formula is C20H28N5O9P. The Hall–Kier alpha value is -3.19. The van der Waals surface area contributed by atoms with Crippen molar-refractivity contribution >= 4 is 25.4 Å². The number of ether oxygens (including phenoxy) is 3. The van der Waals surface area contributed by atoms with Crippen LogP contribution in [0.4, 0.5) is 16.3 Å². The van der Waals surface area contributed by atoms with Crippen molar-refractivity contribution in [1.82, 2.24) is 19.9 Å². The van der Waals surface area contributed by atoms with Crippen molar-refractivity contribution in [2.75, 3.05) is 38.7 Å². The largest absolute Gasteiger partial charge is 0.489 e. The summed E-state index contributed by atoms with van der Waals surface area (Å²) in [7, 11) is -3.01. The van der Waals surface area contributed by atoms with E-state index in [9.17, 15) is 9.36 Å². The van der Waals surface area contributed by atoms with Crippen LogP contribution in [-0.4, -0.2) is 80.4 Å². The molecule has 1 saturated heterocycles. The Morgan fingerprint density at radius 3 is 2.60 bits per heavy atom. The van der Waals surface area contributed by atoms with Gasteiger partial charge in [-0.25, -0.2) is 19.3 Å². The van der Waals surface area contributed by atoms with Gasteiger partial charge >= 0.3 is 13.9 Å². The van der Waals surface area contributed by atoms with Gasteiger partial charge in [0.05, 0.1) is 31.7 Å². The summed E-state index contributed by atoms with van der Waals surface area (Å²) in [6.07, 6.45) is 1.56. The van der Waals surface area contributed by atoms with Gasteiger partial charge in [0, 0.05) is 38.4 Å². The average Bonchev–Trinajstić information content (AvgIpc) is 2.80. The van der Waals surface area contributed by atoms with Crippen LogP contribution in [-0.2, 0) is 9.09 Å². The van der Waals surface area contributed by atoms with Crippen molar-refractivity contribution < 1.29 is 43.0 Å². The quantitative estimate of drug-likeness (QED) is 0.254. The van der Waals surface area contributed by atoms with Crippen LogP contribution < -0.4 is 19.5 Å². The van der Waals surface area contributed by atoms with Crippen LogP contribution in [0.15, 0.2) is 18.5 Å². The molecule has 1 aliphatic heterocycles. The molecule has 1 amide bonds. The number of hydrogen-bond donors (Lipinski definition) is 4. The fourth-order valence-corrected chi connectivity index (χ4v) is 3.70. The number of amides is 1. The van der Waals surface area contributed by atoms with Crippen molar-refractivity contribution in [3.05, 3.63) is 24.2 Å². The van der Waals surface area contributed by atoms with Gasteiger partial charge in [0.2, 0.25) is 11.6 Å². The number of hydrogen-bond acceptors (Lipinski definition) is 10. The summed E-state index contributed by atoms with van der Waals surface area (Å²) in [5.41, 5.74) is 1.25. The molecule has 2 aromatic heterocycles. The standard InChI is InChI=1S/C20H28N5O9P/c1-13-15(4-5-16(23-13)32-10-3-11-33-35(28,29)30)24-18-17(31-2)19(22-12-21-18)34-14-6-8-25(9-7-14)20(26)27/h4-5,12,14H,3,6-11H2,1-2H3,(H,26,27)(H,21,22,24)(H2,28,29,30). The minimum Gasteiger partial charge on any atom is -0.489 e. The van der Waals surface area contributed by atoms with E-state index in [0.717, 1.165) is 0 Å². The zero-order valence-electron chi connectivity index (χ0n) is 19.3. The van der Waals surface area contributed by atoms with Crippen LogP contribution in [0.5, 0.6) is 17.5 Å². The third-order valence-corrected chi connectivity index (χ3v) is 5.60. The number of rotatable bonds is 11. The number of phosphoric acid groups is 1. The van der Waals surface area contributed by atoms with Crippen LogP contribution in [0, 0.1) is 6.92 Å². The van der Waals surface area contributed by atoms with Crippen LogP contribution in [0.25, 0.3) is 0 Å². The highest BCUT2D eigenvalue weighted by Gasteiger charge is 2.26. The maximum Gasteiger partial charge on any atom is 0.469 e. The molecule has 3 heterocycles. The highest BCUT2D eigenvalue weighted by atomic mass is 31.2. The van der Waals surface area contributed by atoms with E-state index in [0.29, 0.717) is 54.8 Å². The number of nitrogens with zero attached hydrogens (tertiary/aromatic N) is 4. The number of pyridine rings is 1. The minimum atomic E-state index is -4.49. The van der Waals surface area contributed by atoms with Crippen molar-refractivity contribution in [3.63, 3.8) is 0 Å². The maximum atomic E-state index is 11.1. The minimum absolute atomic E-state index is 0.139. The molecule has 0 bridgehead atoms. The van der Waals surface area contributed by atoms with Gasteiger partial charge in [0.25, 0.3) is 5.88 Å². The van der Waals surface area contributed by atoms with Crippen molar-refractivity contribution in [2.45, 2.75) is 32.3 Å². The number of anilines is 2. The summed E-state index contributed by atoms with van der Waals surface area (Å²) >= 11 is 0. The molecule has 0 aromatic carbocycles. The molecule has 0 aliphatic carbocycles. The molecule has 35 heavy (non-hydrogen) atoms. The molecule has 15 heteroatoms. The number of carboxylic acid groups (broad SMARTS) is 1. The van der Waals surface area contributed by atoms with Crippen molar-refractivity contribution in [2.24, 2.45) is 0 Å². The van der Waals surface area contributed by atoms with Crippen LogP contribution in [0.2, 0.25) is 0 Å². The first-order valence-corrected chi connectivity index (χ1v) is 12.3. The second-order valence-corrected chi connectivity index (χ2v) is 8.82. The first-order valence-electron chi connectivity index (χ1n) is 10.8. The Bertz CT molecular complexity index is 1060. The third-order valence-electron chi connectivity index (χ3n) is 5.08. The van der Waals surface area contributed by atoms with E-state index in [-0.39, 0.29) is 31.6 Å². The normalized spacial score (nSPS) is 14.5. The predicted molar refractivity (Wildman–Crippen MR) is 122 cm³/mol. The van der Waals surface area contributed by atoms with E-state index >= 15 is 0 Å². The second-order valence-electron chi connectivity index (χ2n) is 7.58. The van der Waals surface area contributed by atoms with Gasteiger partial charge in [-0.2, -0.15) is 4.98 Å². The summed E-state index contributed by atoms with van der Waals surface area (Å²) < 4.78 is 32.0. The number of piperidine rings is 1. The van der Waals surface area contributed by atoms with E-state index in [1.54, 1.807) is 19.1 Å². The SMILES string of the molecule is COc1c(Nc2ccc(OCCCOP(=O)(O)O)nc2C)ncnc1OC1CCN(C(=O)O)CC1. The number of phosphoric ester groups is 1. The average molecular weight is 513 g/mol. The summed E-state index contributed by atoms with van der Waals surface area (Å²) in [6, 6.07) is 3.38. The number of methoxy groups -OCH3 is 1. The van der Waals surface area contributed by atoms with Crippen LogP contribution in [0.1, 0.15) is 25.0 Å². The second kappa shape index (κ2) is 12.0. The molecular weight excluding hydrogens is 485 g/mol. The first kappa shape index (κ1) is 26.4. The lowest BCUT2D eigenvalue weighted by Crippen LogP contribution is -2.41. The molecule has 192 valence electrons. The predicted octanol–water partition coefficient (Wildman–Crippen LogP) is 2.33. The molecule has 0 spiro atoms.